The Kier molecular flexibility index (Phi) is 4.88. The number of methoxy groups -OCH3 is 1. The number of ether oxygens (including phenoxy) is 1. The van der Waals surface area contributed by atoms with Gasteiger partial charge in [0, 0.05) is 24.2 Å². The van der Waals surface area contributed by atoms with E-state index in [0.717, 1.165) is 5.56 Å². The zero-order chi connectivity index (χ0) is 18.7. The van der Waals surface area contributed by atoms with E-state index in [2.05, 4.69) is 10.3 Å². The molecule has 0 unspecified atom stereocenters. The Labute approximate surface area is 149 Å². The molecule has 0 aliphatic carbocycles. The second-order valence-electron chi connectivity index (χ2n) is 5.73. The van der Waals surface area contributed by atoms with Gasteiger partial charge in [-0.1, -0.05) is 18.2 Å². The van der Waals surface area contributed by atoms with Crippen LogP contribution >= 0.6 is 0 Å². The van der Waals surface area contributed by atoms with Gasteiger partial charge in [0.25, 0.3) is 5.91 Å². The number of H-pyrrole nitrogens is 1. The molecule has 1 aromatic heterocycles. The van der Waals surface area contributed by atoms with E-state index in [1.807, 2.05) is 24.3 Å². The summed E-state index contributed by atoms with van der Waals surface area (Å²) in [5.74, 6) is 0.413. The van der Waals surface area contributed by atoms with Crippen LogP contribution in [0.2, 0.25) is 0 Å². The summed E-state index contributed by atoms with van der Waals surface area (Å²) in [5.41, 5.74) is 0.973. The van der Waals surface area contributed by atoms with Crippen LogP contribution in [0, 0.1) is 0 Å². The first-order valence-corrected chi connectivity index (χ1v) is 8.22. The quantitative estimate of drug-likeness (QED) is 0.682. The van der Waals surface area contributed by atoms with E-state index < -0.39 is 11.1 Å². The summed E-state index contributed by atoms with van der Waals surface area (Å²) in [6.45, 7) is 2.47. The van der Waals surface area contributed by atoms with Crippen molar-refractivity contribution >= 4 is 16.9 Å². The Balaban J connectivity index is 1.88. The zero-order valence-corrected chi connectivity index (χ0v) is 14.5. The SMILES string of the molecule is CCn1c(=O)c(=O)[nH]c2cc(C(=O)NCc3ccccc3OC)ccc21. The van der Waals surface area contributed by atoms with Gasteiger partial charge in [0.2, 0.25) is 0 Å². The monoisotopic (exact) mass is 353 g/mol. The summed E-state index contributed by atoms with van der Waals surface area (Å²) < 4.78 is 6.65. The number of benzene rings is 2. The molecule has 1 amide bonds. The number of nitrogens with zero attached hydrogens (tertiary/aromatic N) is 1. The standard InChI is InChI=1S/C19H19N3O4/c1-3-22-15-9-8-12(10-14(15)21-18(24)19(22)25)17(23)20-11-13-6-4-5-7-16(13)26-2/h4-10H,3,11H2,1-2H3,(H,20,23)(H,21,24). The Morgan fingerprint density at radius 3 is 2.69 bits per heavy atom. The topological polar surface area (TPSA) is 93.2 Å². The van der Waals surface area contributed by atoms with Crippen molar-refractivity contribution in [3.8, 4) is 5.75 Å². The van der Waals surface area contributed by atoms with Crippen LogP contribution < -0.4 is 21.2 Å². The zero-order valence-electron chi connectivity index (χ0n) is 14.5. The van der Waals surface area contributed by atoms with E-state index in [1.165, 1.54) is 4.57 Å². The van der Waals surface area contributed by atoms with E-state index in [1.54, 1.807) is 32.2 Å². The van der Waals surface area contributed by atoms with Crippen LogP contribution in [0.3, 0.4) is 0 Å². The third kappa shape index (κ3) is 3.23. The molecule has 3 aromatic rings. The van der Waals surface area contributed by atoms with Crippen LogP contribution in [0.1, 0.15) is 22.8 Å². The van der Waals surface area contributed by atoms with E-state index >= 15 is 0 Å². The predicted molar refractivity (Wildman–Crippen MR) is 98.7 cm³/mol. The van der Waals surface area contributed by atoms with Crippen LogP contribution in [0.5, 0.6) is 5.75 Å². The van der Waals surface area contributed by atoms with E-state index in [0.29, 0.717) is 35.4 Å². The van der Waals surface area contributed by atoms with Gasteiger partial charge >= 0.3 is 11.1 Å². The van der Waals surface area contributed by atoms with E-state index in [9.17, 15) is 14.4 Å². The highest BCUT2D eigenvalue weighted by atomic mass is 16.5. The van der Waals surface area contributed by atoms with Crippen LogP contribution in [0.15, 0.2) is 52.1 Å². The minimum atomic E-state index is -0.703. The average Bonchev–Trinajstić information content (AvgIpc) is 2.67. The fourth-order valence-electron chi connectivity index (χ4n) is 2.86. The minimum Gasteiger partial charge on any atom is -0.496 e. The van der Waals surface area contributed by atoms with Gasteiger partial charge < -0.3 is 19.6 Å². The minimum absolute atomic E-state index is 0.284. The third-order valence-electron chi connectivity index (χ3n) is 4.19. The molecule has 1 heterocycles. The van der Waals surface area contributed by atoms with Gasteiger partial charge in [-0.15, -0.1) is 0 Å². The van der Waals surface area contributed by atoms with Crippen LogP contribution in [-0.4, -0.2) is 22.6 Å². The molecule has 0 aliphatic rings. The van der Waals surface area contributed by atoms with Crippen molar-refractivity contribution in [3.63, 3.8) is 0 Å². The van der Waals surface area contributed by atoms with Crippen LogP contribution in [0.25, 0.3) is 11.0 Å². The lowest BCUT2D eigenvalue weighted by atomic mass is 10.1. The molecule has 0 saturated carbocycles. The fraction of sp³-hybridized carbons (Fsp3) is 0.211. The molecule has 0 atom stereocenters. The number of aromatic amines is 1. The van der Waals surface area contributed by atoms with Crippen molar-refractivity contribution in [3.05, 3.63) is 74.3 Å². The second kappa shape index (κ2) is 7.26. The largest absolute Gasteiger partial charge is 0.496 e. The Hall–Kier alpha value is -3.35. The van der Waals surface area contributed by atoms with Gasteiger partial charge in [-0.2, -0.15) is 0 Å². The first kappa shape index (κ1) is 17.5. The second-order valence-corrected chi connectivity index (χ2v) is 5.73. The maximum atomic E-state index is 12.5. The predicted octanol–water partition coefficient (Wildman–Crippen LogP) is 1.65. The average molecular weight is 353 g/mol. The molecule has 134 valence electrons. The molecular formula is C19H19N3O4. The molecule has 3 rings (SSSR count). The Morgan fingerprint density at radius 2 is 1.96 bits per heavy atom. The maximum absolute atomic E-state index is 12.5. The lowest BCUT2D eigenvalue weighted by Crippen LogP contribution is -2.36. The first-order chi connectivity index (χ1) is 12.5. The number of rotatable bonds is 5. The molecule has 26 heavy (non-hydrogen) atoms. The Morgan fingerprint density at radius 1 is 1.19 bits per heavy atom. The number of para-hydroxylation sites is 1. The molecule has 0 spiro atoms. The summed E-state index contributed by atoms with van der Waals surface area (Å²) in [7, 11) is 1.58. The van der Waals surface area contributed by atoms with Crippen LogP contribution in [0.4, 0.5) is 0 Å². The van der Waals surface area contributed by atoms with Gasteiger partial charge in [-0.25, -0.2) is 0 Å². The summed E-state index contributed by atoms with van der Waals surface area (Å²) >= 11 is 0. The number of hydrogen-bond donors (Lipinski definition) is 2. The lowest BCUT2D eigenvalue weighted by Gasteiger charge is -2.11. The van der Waals surface area contributed by atoms with Crippen molar-refractivity contribution in [2.24, 2.45) is 0 Å². The van der Waals surface area contributed by atoms with Gasteiger partial charge in [0.1, 0.15) is 5.75 Å². The lowest BCUT2D eigenvalue weighted by molar-refractivity contribution is 0.0951. The van der Waals surface area contributed by atoms with Gasteiger partial charge in [-0.05, 0) is 31.2 Å². The summed E-state index contributed by atoms with van der Waals surface area (Å²) in [5, 5.41) is 2.83. The maximum Gasteiger partial charge on any atom is 0.316 e. The molecule has 7 heteroatoms. The first-order valence-electron chi connectivity index (χ1n) is 8.22. The highest BCUT2D eigenvalue weighted by Crippen LogP contribution is 2.17. The van der Waals surface area contributed by atoms with Gasteiger partial charge in [0.15, 0.2) is 0 Å². The molecule has 0 fully saturated rings. The van der Waals surface area contributed by atoms with Gasteiger partial charge in [-0.3, -0.25) is 14.4 Å². The number of fused-ring (bicyclic) bond motifs is 1. The number of nitrogens with one attached hydrogen (secondary N) is 2. The molecule has 0 radical (unpaired) electrons. The number of aryl methyl sites for hydroxylation is 1. The smallest absolute Gasteiger partial charge is 0.316 e. The number of carbonyl (C=O) groups excluding carboxylic acids is 1. The number of amides is 1. The molecule has 0 saturated heterocycles. The molecule has 0 aliphatic heterocycles. The summed E-state index contributed by atoms with van der Waals surface area (Å²) in [4.78, 5) is 38.6. The van der Waals surface area contributed by atoms with E-state index in [-0.39, 0.29) is 5.91 Å². The normalized spacial score (nSPS) is 10.7. The third-order valence-corrected chi connectivity index (χ3v) is 4.19. The highest BCUT2D eigenvalue weighted by molar-refractivity contribution is 5.97. The van der Waals surface area contributed by atoms with Crippen molar-refractivity contribution in [1.29, 1.82) is 0 Å². The number of hydrogen-bond acceptors (Lipinski definition) is 4. The van der Waals surface area contributed by atoms with Crippen molar-refractivity contribution in [2.45, 2.75) is 20.0 Å². The van der Waals surface area contributed by atoms with Crippen LogP contribution in [-0.2, 0) is 13.1 Å². The molecule has 2 aromatic carbocycles. The molecule has 7 nitrogen and oxygen atoms in total. The summed E-state index contributed by atoms with van der Waals surface area (Å²) in [6.07, 6.45) is 0. The van der Waals surface area contributed by atoms with Crippen molar-refractivity contribution in [1.82, 2.24) is 14.9 Å². The van der Waals surface area contributed by atoms with Gasteiger partial charge in [0.05, 0.1) is 18.1 Å². The number of aromatic nitrogens is 2. The number of carbonyl (C=O) groups is 1. The molecule has 2 N–H and O–H groups in total. The molecule has 0 bridgehead atoms. The fourth-order valence-corrected chi connectivity index (χ4v) is 2.86. The highest BCUT2D eigenvalue weighted by Gasteiger charge is 2.11. The van der Waals surface area contributed by atoms with Crippen molar-refractivity contribution in [2.75, 3.05) is 7.11 Å². The summed E-state index contributed by atoms with van der Waals surface area (Å²) in [6, 6.07) is 12.3. The Bertz CT molecular complexity index is 1080. The van der Waals surface area contributed by atoms with E-state index in [4.69, 9.17) is 4.74 Å². The molecular weight excluding hydrogens is 334 g/mol. The van der Waals surface area contributed by atoms with Crippen molar-refractivity contribution < 1.29 is 9.53 Å².